The molecule has 1 saturated carbocycles. The van der Waals surface area contributed by atoms with Crippen molar-refractivity contribution in [1.82, 2.24) is 0 Å². The predicted molar refractivity (Wildman–Crippen MR) is 80.5 cm³/mol. The Morgan fingerprint density at radius 3 is 2.65 bits per heavy atom. The van der Waals surface area contributed by atoms with Crippen LogP contribution in [0.4, 0.5) is 10.7 Å². The van der Waals surface area contributed by atoms with E-state index in [0.29, 0.717) is 21.3 Å². The summed E-state index contributed by atoms with van der Waals surface area (Å²) in [6.45, 7) is 0.256. The second-order valence-electron chi connectivity index (χ2n) is 4.90. The number of hydrogen-bond acceptors (Lipinski definition) is 7. The molecule has 20 heavy (non-hydrogen) atoms. The van der Waals surface area contributed by atoms with E-state index >= 15 is 0 Å². The van der Waals surface area contributed by atoms with Gasteiger partial charge in [-0.25, -0.2) is 8.42 Å². The third kappa shape index (κ3) is 3.43. The van der Waals surface area contributed by atoms with Gasteiger partial charge in [0.05, 0.1) is 23.4 Å². The van der Waals surface area contributed by atoms with Gasteiger partial charge in [-0.15, -0.1) is 11.3 Å². The first kappa shape index (κ1) is 15.1. The zero-order valence-corrected chi connectivity index (χ0v) is 13.1. The van der Waals surface area contributed by atoms with Crippen molar-refractivity contribution < 1.29 is 17.9 Å². The molecule has 1 heterocycles. The van der Waals surface area contributed by atoms with E-state index in [4.69, 9.17) is 10.5 Å². The lowest BCUT2D eigenvalue weighted by atomic mass is 10.2. The van der Waals surface area contributed by atoms with Crippen LogP contribution < -0.4 is 15.8 Å². The highest BCUT2D eigenvalue weighted by Gasteiger charge is 2.34. The number of Topliss-reactive ketones (excluding diaryl/α,β-unsaturated/α-hetero) is 1. The van der Waals surface area contributed by atoms with Gasteiger partial charge in [-0.2, -0.15) is 0 Å². The van der Waals surface area contributed by atoms with Gasteiger partial charge in [0.2, 0.25) is 0 Å². The molecular weight excluding hydrogens is 300 g/mol. The van der Waals surface area contributed by atoms with E-state index in [1.807, 2.05) is 0 Å². The van der Waals surface area contributed by atoms with Crippen molar-refractivity contribution in [2.24, 2.45) is 5.92 Å². The molecule has 0 spiro atoms. The van der Waals surface area contributed by atoms with Gasteiger partial charge >= 0.3 is 0 Å². The molecule has 0 aliphatic heterocycles. The number of nitrogens with one attached hydrogen (secondary N) is 1. The quantitative estimate of drug-likeness (QED) is 0.737. The monoisotopic (exact) mass is 318 g/mol. The summed E-state index contributed by atoms with van der Waals surface area (Å²) in [6, 6.07) is 0. The molecule has 0 aromatic carbocycles. The highest BCUT2D eigenvalue weighted by atomic mass is 32.2. The molecule has 1 aliphatic carbocycles. The van der Waals surface area contributed by atoms with Crippen molar-refractivity contribution in [3.63, 3.8) is 0 Å². The lowest BCUT2D eigenvalue weighted by Gasteiger charge is -2.05. The number of hydrogen-bond donors (Lipinski definition) is 2. The molecule has 0 radical (unpaired) electrons. The molecule has 0 unspecified atom stereocenters. The van der Waals surface area contributed by atoms with Gasteiger partial charge in [-0.1, -0.05) is 0 Å². The van der Waals surface area contributed by atoms with Gasteiger partial charge in [-0.05, 0) is 12.8 Å². The van der Waals surface area contributed by atoms with Crippen molar-refractivity contribution >= 4 is 37.6 Å². The van der Waals surface area contributed by atoms with Crippen molar-refractivity contribution in [3.8, 4) is 5.75 Å². The van der Waals surface area contributed by atoms with E-state index in [9.17, 15) is 13.2 Å². The van der Waals surface area contributed by atoms with E-state index in [1.165, 1.54) is 24.7 Å². The molecule has 0 amide bonds. The summed E-state index contributed by atoms with van der Waals surface area (Å²) < 4.78 is 27.4. The summed E-state index contributed by atoms with van der Waals surface area (Å²) >= 11 is 1.23. The fourth-order valence-corrected chi connectivity index (χ4v) is 3.42. The molecule has 0 bridgehead atoms. The van der Waals surface area contributed by atoms with Crippen LogP contribution in [0.1, 0.15) is 22.5 Å². The average molecular weight is 318 g/mol. The van der Waals surface area contributed by atoms with Crippen molar-refractivity contribution in [2.45, 2.75) is 12.8 Å². The fraction of sp³-hybridized carbons (Fsp3) is 0.583. The summed E-state index contributed by atoms with van der Waals surface area (Å²) in [7, 11) is -1.56. The number of anilines is 2. The van der Waals surface area contributed by atoms with Crippen LogP contribution in [0.3, 0.4) is 0 Å². The number of nitrogen functional groups attached to an aromatic ring is 1. The Balaban J connectivity index is 2.15. The Bertz CT molecular complexity index is 618. The number of nitrogens with two attached hydrogens (primary N) is 1. The lowest BCUT2D eigenvalue weighted by Crippen LogP contribution is -2.13. The van der Waals surface area contributed by atoms with Crippen LogP contribution in [0.15, 0.2) is 0 Å². The number of ketones is 1. The first-order chi connectivity index (χ1) is 9.33. The molecule has 0 atom stereocenters. The van der Waals surface area contributed by atoms with Crippen LogP contribution in [0, 0.1) is 5.92 Å². The Hall–Kier alpha value is -1.28. The maximum Gasteiger partial charge on any atom is 0.178 e. The topological polar surface area (TPSA) is 98.5 Å². The zero-order chi connectivity index (χ0) is 14.9. The maximum atomic E-state index is 12.1. The molecule has 112 valence electrons. The Morgan fingerprint density at radius 2 is 2.15 bits per heavy atom. The smallest absolute Gasteiger partial charge is 0.178 e. The van der Waals surface area contributed by atoms with Crippen LogP contribution in [0.5, 0.6) is 5.75 Å². The normalized spacial score (nSPS) is 15.1. The minimum Gasteiger partial charge on any atom is -0.492 e. The highest BCUT2D eigenvalue weighted by Crippen LogP contribution is 2.45. The summed E-state index contributed by atoms with van der Waals surface area (Å²) in [5.41, 5.74) is 6.29. The minimum atomic E-state index is -3.03. The van der Waals surface area contributed by atoms with Gasteiger partial charge in [0.15, 0.2) is 11.5 Å². The van der Waals surface area contributed by atoms with Crippen LogP contribution in [0.25, 0.3) is 0 Å². The molecule has 1 aromatic rings. The molecule has 1 aromatic heterocycles. The van der Waals surface area contributed by atoms with Crippen molar-refractivity contribution in [2.75, 3.05) is 36.7 Å². The molecular formula is C12H18N2O4S2. The van der Waals surface area contributed by atoms with Crippen molar-refractivity contribution in [3.05, 3.63) is 4.88 Å². The number of methoxy groups -OCH3 is 1. The number of sulfone groups is 1. The third-order valence-corrected chi connectivity index (χ3v) is 5.14. The maximum absolute atomic E-state index is 12.1. The zero-order valence-electron chi connectivity index (χ0n) is 11.4. The molecule has 1 fully saturated rings. The molecule has 8 heteroatoms. The molecule has 3 N–H and O–H groups in total. The fourth-order valence-electron chi connectivity index (χ4n) is 1.81. The number of carbonyl (C=O) groups is 1. The Kier molecular flexibility index (Phi) is 4.24. The summed E-state index contributed by atoms with van der Waals surface area (Å²) in [5.74, 6) is 0.582. The Morgan fingerprint density at radius 1 is 1.50 bits per heavy atom. The first-order valence-electron chi connectivity index (χ1n) is 6.25. The minimum absolute atomic E-state index is 0.0138. The largest absolute Gasteiger partial charge is 0.492 e. The molecule has 0 saturated heterocycles. The van der Waals surface area contributed by atoms with Gasteiger partial charge in [-0.3, -0.25) is 4.79 Å². The Labute approximate surface area is 122 Å². The van der Waals surface area contributed by atoms with E-state index < -0.39 is 9.84 Å². The first-order valence-corrected chi connectivity index (χ1v) is 9.13. The number of thiophene rings is 1. The highest BCUT2D eigenvalue weighted by molar-refractivity contribution is 7.90. The van der Waals surface area contributed by atoms with Crippen LogP contribution >= 0.6 is 11.3 Å². The van der Waals surface area contributed by atoms with E-state index in [-0.39, 0.29) is 24.0 Å². The number of carbonyl (C=O) groups excluding carboxylic acids is 1. The molecule has 6 nitrogen and oxygen atoms in total. The number of rotatable bonds is 7. The summed E-state index contributed by atoms with van der Waals surface area (Å²) in [5, 5.41) is 3.59. The standard InChI is InChI=1S/C12H18N2O4S2/c1-18-10-8(13)11(9(15)7-3-4-7)19-12(10)14-5-6-20(2,16)17/h7,14H,3-6,13H2,1-2H3. The summed E-state index contributed by atoms with van der Waals surface area (Å²) in [4.78, 5) is 12.6. The van der Waals surface area contributed by atoms with Crippen LogP contribution in [-0.4, -0.2) is 39.9 Å². The van der Waals surface area contributed by atoms with E-state index in [2.05, 4.69) is 5.32 Å². The summed E-state index contributed by atoms with van der Waals surface area (Å²) in [6.07, 6.45) is 3.00. The average Bonchev–Trinajstić information content (AvgIpc) is 3.13. The number of ether oxygens (including phenoxy) is 1. The third-order valence-electron chi connectivity index (χ3n) is 3.03. The van der Waals surface area contributed by atoms with Crippen LogP contribution in [0.2, 0.25) is 0 Å². The molecule has 2 rings (SSSR count). The van der Waals surface area contributed by atoms with Crippen molar-refractivity contribution in [1.29, 1.82) is 0 Å². The van der Waals surface area contributed by atoms with Crippen LogP contribution in [-0.2, 0) is 9.84 Å². The second kappa shape index (κ2) is 5.61. The van der Waals surface area contributed by atoms with E-state index in [1.54, 1.807) is 0 Å². The second-order valence-corrected chi connectivity index (χ2v) is 8.18. The predicted octanol–water partition coefficient (Wildman–Crippen LogP) is 1.39. The lowest BCUT2D eigenvalue weighted by molar-refractivity contribution is 0.0972. The van der Waals surface area contributed by atoms with Gasteiger partial charge in [0.25, 0.3) is 0 Å². The SMILES string of the molecule is COc1c(NCCS(C)(=O)=O)sc(C(=O)C2CC2)c1N. The van der Waals surface area contributed by atoms with Gasteiger partial charge in [0.1, 0.15) is 14.8 Å². The molecule has 1 aliphatic rings. The van der Waals surface area contributed by atoms with Gasteiger partial charge < -0.3 is 15.8 Å². The van der Waals surface area contributed by atoms with Gasteiger partial charge in [0, 0.05) is 18.7 Å². The van der Waals surface area contributed by atoms with E-state index in [0.717, 1.165) is 12.8 Å².